The smallest absolute Gasteiger partial charge is 0.263 e. The van der Waals surface area contributed by atoms with Crippen LogP contribution in [0.25, 0.3) is 11.4 Å². The molecule has 8 nitrogen and oxygen atoms in total. The summed E-state index contributed by atoms with van der Waals surface area (Å²) in [6.07, 6.45) is 2.52. The molecule has 8 heteroatoms. The Bertz CT molecular complexity index is 1120. The molecule has 172 valence electrons. The molecule has 0 saturated carbocycles. The summed E-state index contributed by atoms with van der Waals surface area (Å²) in [5.41, 5.74) is 1.03. The van der Waals surface area contributed by atoms with Crippen molar-refractivity contribution >= 4 is 5.91 Å². The van der Waals surface area contributed by atoms with Gasteiger partial charge in [0.2, 0.25) is 0 Å². The molecule has 3 heterocycles. The van der Waals surface area contributed by atoms with Crippen molar-refractivity contribution in [2.24, 2.45) is 0 Å². The second-order valence-corrected chi connectivity index (χ2v) is 7.99. The average Bonchev–Trinajstić information content (AvgIpc) is 2.85. The highest BCUT2D eigenvalue weighted by Crippen LogP contribution is 2.27. The van der Waals surface area contributed by atoms with Crippen molar-refractivity contribution in [1.82, 2.24) is 19.9 Å². The number of benzene rings is 1. The molecule has 2 aromatic heterocycles. The van der Waals surface area contributed by atoms with Gasteiger partial charge in [-0.2, -0.15) is 0 Å². The Labute approximate surface area is 192 Å². The molecular weight excluding hydrogens is 420 g/mol. The largest absolute Gasteiger partial charge is 0.494 e. The van der Waals surface area contributed by atoms with Gasteiger partial charge in [0.15, 0.2) is 6.10 Å². The fourth-order valence-corrected chi connectivity index (χ4v) is 3.98. The number of rotatable bonds is 7. The summed E-state index contributed by atoms with van der Waals surface area (Å²) in [7, 11) is 0. The van der Waals surface area contributed by atoms with Gasteiger partial charge >= 0.3 is 0 Å². The van der Waals surface area contributed by atoms with Gasteiger partial charge < -0.3 is 19.4 Å². The summed E-state index contributed by atoms with van der Waals surface area (Å²) in [5.74, 6) is 2.07. The van der Waals surface area contributed by atoms with Gasteiger partial charge in [0.1, 0.15) is 17.3 Å². The van der Waals surface area contributed by atoms with E-state index in [0.717, 1.165) is 18.6 Å². The number of hydrogen-bond donors (Lipinski definition) is 1. The third-order valence-electron chi connectivity index (χ3n) is 5.68. The molecule has 0 unspecified atom stereocenters. The standard InChI is InChI=1S/C25H28N4O4/c1-3-32-19-7-9-20(10-8-19)33-17(2)25(31)29-14-11-18(12-15-29)24-27-22(16-23(30)28-24)21-6-4-5-13-26-21/h4-10,13,16-18H,3,11-12,14-15H2,1-2H3,(H,27,28,30)/t17-/m1/s1. The number of H-pyrrole nitrogens is 1. The van der Waals surface area contributed by atoms with E-state index in [0.29, 0.717) is 42.7 Å². The molecule has 4 rings (SSSR count). The third-order valence-corrected chi connectivity index (χ3v) is 5.68. The Balaban J connectivity index is 1.36. The lowest BCUT2D eigenvalue weighted by molar-refractivity contribution is -0.139. The van der Waals surface area contributed by atoms with E-state index in [-0.39, 0.29) is 17.4 Å². The molecule has 1 N–H and O–H groups in total. The second-order valence-electron chi connectivity index (χ2n) is 7.99. The highest BCUT2D eigenvalue weighted by atomic mass is 16.5. The number of ether oxygens (including phenoxy) is 2. The number of pyridine rings is 1. The van der Waals surface area contributed by atoms with Gasteiger partial charge in [0.05, 0.1) is 18.0 Å². The zero-order valence-corrected chi connectivity index (χ0v) is 18.9. The van der Waals surface area contributed by atoms with E-state index in [1.54, 1.807) is 25.3 Å². The minimum absolute atomic E-state index is 0.0500. The highest BCUT2D eigenvalue weighted by Gasteiger charge is 2.29. The summed E-state index contributed by atoms with van der Waals surface area (Å²) < 4.78 is 11.3. The predicted octanol–water partition coefficient (Wildman–Crippen LogP) is 3.40. The van der Waals surface area contributed by atoms with Crippen LogP contribution in [0.15, 0.2) is 59.5 Å². The van der Waals surface area contributed by atoms with Crippen LogP contribution in [0.2, 0.25) is 0 Å². The van der Waals surface area contributed by atoms with Crippen molar-refractivity contribution in [3.63, 3.8) is 0 Å². The van der Waals surface area contributed by atoms with Crippen LogP contribution in [0.1, 0.15) is 38.4 Å². The Hall–Kier alpha value is -3.68. The van der Waals surface area contributed by atoms with Crippen molar-refractivity contribution in [2.45, 2.75) is 38.7 Å². The van der Waals surface area contributed by atoms with E-state index >= 15 is 0 Å². The van der Waals surface area contributed by atoms with Crippen LogP contribution < -0.4 is 15.0 Å². The summed E-state index contributed by atoms with van der Waals surface area (Å²) in [6.45, 7) is 5.46. The monoisotopic (exact) mass is 448 g/mol. The molecule has 0 aliphatic carbocycles. The molecule has 0 bridgehead atoms. The zero-order chi connectivity index (χ0) is 23.2. The Morgan fingerprint density at radius 2 is 1.85 bits per heavy atom. The number of amides is 1. The number of carbonyl (C=O) groups excluding carboxylic acids is 1. The van der Waals surface area contributed by atoms with Crippen LogP contribution >= 0.6 is 0 Å². The van der Waals surface area contributed by atoms with Gasteiger partial charge in [-0.1, -0.05) is 6.07 Å². The lowest BCUT2D eigenvalue weighted by atomic mass is 9.95. The van der Waals surface area contributed by atoms with E-state index in [1.165, 1.54) is 6.07 Å². The van der Waals surface area contributed by atoms with Crippen LogP contribution in [0.5, 0.6) is 11.5 Å². The molecule has 1 aliphatic heterocycles. The number of piperidine rings is 1. The number of likely N-dealkylation sites (tertiary alicyclic amines) is 1. The molecular formula is C25H28N4O4. The topological polar surface area (TPSA) is 97.4 Å². The first-order valence-corrected chi connectivity index (χ1v) is 11.2. The molecule has 1 saturated heterocycles. The van der Waals surface area contributed by atoms with Gasteiger partial charge in [-0.05, 0) is 63.1 Å². The van der Waals surface area contributed by atoms with Gasteiger partial charge in [-0.15, -0.1) is 0 Å². The Morgan fingerprint density at radius 3 is 2.52 bits per heavy atom. The van der Waals surface area contributed by atoms with E-state index in [1.807, 2.05) is 42.2 Å². The fourth-order valence-electron chi connectivity index (χ4n) is 3.98. The molecule has 1 fully saturated rings. The number of aromatic nitrogens is 3. The third kappa shape index (κ3) is 5.58. The quantitative estimate of drug-likeness (QED) is 0.595. The van der Waals surface area contributed by atoms with Crippen LogP contribution in [0.4, 0.5) is 0 Å². The first kappa shape index (κ1) is 22.5. The maximum Gasteiger partial charge on any atom is 0.263 e. The lowest BCUT2D eigenvalue weighted by Crippen LogP contribution is -2.44. The highest BCUT2D eigenvalue weighted by molar-refractivity contribution is 5.81. The van der Waals surface area contributed by atoms with Crippen LogP contribution in [0.3, 0.4) is 0 Å². The molecule has 0 spiro atoms. The van der Waals surface area contributed by atoms with E-state index in [4.69, 9.17) is 9.47 Å². The first-order valence-electron chi connectivity index (χ1n) is 11.2. The minimum Gasteiger partial charge on any atom is -0.494 e. The second kappa shape index (κ2) is 10.3. The van der Waals surface area contributed by atoms with E-state index < -0.39 is 6.10 Å². The molecule has 3 aromatic rings. The van der Waals surface area contributed by atoms with E-state index in [9.17, 15) is 9.59 Å². The Kier molecular flexibility index (Phi) is 7.02. The number of hydrogen-bond acceptors (Lipinski definition) is 6. The maximum absolute atomic E-state index is 12.9. The minimum atomic E-state index is -0.593. The van der Waals surface area contributed by atoms with Crippen LogP contribution in [-0.4, -0.2) is 51.6 Å². The first-order chi connectivity index (χ1) is 16.0. The van der Waals surface area contributed by atoms with E-state index in [2.05, 4.69) is 15.0 Å². The summed E-state index contributed by atoms with van der Waals surface area (Å²) in [4.78, 5) is 38.7. The average molecular weight is 449 g/mol. The number of carbonyl (C=O) groups is 1. The predicted molar refractivity (Wildman–Crippen MR) is 124 cm³/mol. The lowest BCUT2D eigenvalue weighted by Gasteiger charge is -2.33. The molecule has 1 atom stereocenters. The van der Waals surface area contributed by atoms with Gasteiger partial charge in [-0.3, -0.25) is 14.6 Å². The van der Waals surface area contributed by atoms with Gasteiger partial charge in [0, 0.05) is 31.3 Å². The molecule has 0 radical (unpaired) electrons. The normalized spacial score (nSPS) is 15.2. The fraction of sp³-hybridized carbons (Fsp3) is 0.360. The summed E-state index contributed by atoms with van der Waals surface area (Å²) >= 11 is 0. The zero-order valence-electron chi connectivity index (χ0n) is 18.9. The van der Waals surface area contributed by atoms with Crippen LogP contribution in [-0.2, 0) is 4.79 Å². The number of aromatic amines is 1. The molecule has 1 amide bonds. The van der Waals surface area contributed by atoms with Crippen molar-refractivity contribution in [3.8, 4) is 22.9 Å². The van der Waals surface area contributed by atoms with Crippen molar-refractivity contribution in [2.75, 3.05) is 19.7 Å². The molecule has 1 aromatic carbocycles. The Morgan fingerprint density at radius 1 is 1.12 bits per heavy atom. The molecule has 1 aliphatic rings. The summed E-state index contributed by atoms with van der Waals surface area (Å²) in [6, 6.07) is 14.2. The maximum atomic E-state index is 12.9. The summed E-state index contributed by atoms with van der Waals surface area (Å²) in [5, 5.41) is 0. The van der Waals surface area contributed by atoms with Crippen molar-refractivity contribution in [3.05, 3.63) is 70.9 Å². The van der Waals surface area contributed by atoms with Gasteiger partial charge in [-0.25, -0.2) is 4.98 Å². The number of nitrogens with zero attached hydrogens (tertiary/aromatic N) is 3. The molecule has 33 heavy (non-hydrogen) atoms. The number of nitrogens with one attached hydrogen (secondary N) is 1. The van der Waals surface area contributed by atoms with Gasteiger partial charge in [0.25, 0.3) is 11.5 Å². The SMILES string of the molecule is CCOc1ccc(O[C@H](C)C(=O)N2CCC(c3nc(-c4ccccn4)cc(=O)[nH]3)CC2)cc1. The van der Waals surface area contributed by atoms with Crippen molar-refractivity contribution < 1.29 is 14.3 Å². The van der Waals surface area contributed by atoms with Crippen LogP contribution in [0, 0.1) is 0 Å². The van der Waals surface area contributed by atoms with Crippen molar-refractivity contribution in [1.29, 1.82) is 0 Å².